The number of aromatic nitrogens is 2. The lowest BCUT2D eigenvalue weighted by Gasteiger charge is -2.08. The third-order valence-electron chi connectivity index (χ3n) is 3.00. The lowest BCUT2D eigenvalue weighted by molar-refractivity contribution is -0.116. The molecule has 6 heteroatoms. The number of anilines is 1. The first-order valence-corrected chi connectivity index (χ1v) is 6.44. The van der Waals surface area contributed by atoms with Crippen LogP contribution in [-0.4, -0.2) is 22.0 Å². The second kappa shape index (κ2) is 5.88. The molecule has 5 nitrogen and oxygen atoms in total. The topological polar surface area (TPSA) is 64.0 Å². The van der Waals surface area contributed by atoms with Crippen LogP contribution in [0.1, 0.15) is 21.7 Å². The van der Waals surface area contributed by atoms with E-state index in [1.54, 1.807) is 38.1 Å². The van der Waals surface area contributed by atoms with Crippen LogP contribution in [0.4, 0.5) is 5.69 Å². The summed E-state index contributed by atoms with van der Waals surface area (Å²) >= 11 is 5.97. The van der Waals surface area contributed by atoms with Gasteiger partial charge in [-0.25, -0.2) is 0 Å². The molecule has 1 amide bonds. The summed E-state index contributed by atoms with van der Waals surface area (Å²) < 4.78 is 1.51. The molecule has 0 saturated carbocycles. The van der Waals surface area contributed by atoms with E-state index in [1.807, 2.05) is 0 Å². The summed E-state index contributed by atoms with van der Waals surface area (Å²) in [6, 6.07) is 6.99. The summed E-state index contributed by atoms with van der Waals surface area (Å²) in [6.07, 6.45) is 0.750. The number of rotatable bonds is 4. The molecule has 0 unspecified atom stereocenters. The van der Waals surface area contributed by atoms with Crippen LogP contribution in [0.3, 0.4) is 0 Å². The van der Waals surface area contributed by atoms with Gasteiger partial charge in [0.15, 0.2) is 6.29 Å². The van der Waals surface area contributed by atoms with Crippen LogP contribution >= 0.6 is 11.6 Å². The number of nitrogens with zero attached hydrogens (tertiary/aromatic N) is 2. The Bertz CT molecular complexity index is 664. The predicted molar refractivity (Wildman–Crippen MR) is 77.2 cm³/mol. The van der Waals surface area contributed by atoms with Crippen LogP contribution in [0.25, 0.3) is 0 Å². The average molecular weight is 292 g/mol. The minimum absolute atomic E-state index is 0.0335. The first-order valence-electron chi connectivity index (χ1n) is 6.06. The average Bonchev–Trinajstić information content (AvgIpc) is 2.67. The van der Waals surface area contributed by atoms with Crippen molar-refractivity contribution < 1.29 is 9.59 Å². The van der Waals surface area contributed by atoms with Gasteiger partial charge in [-0.1, -0.05) is 23.7 Å². The minimum atomic E-state index is -0.249. The van der Waals surface area contributed by atoms with Crippen molar-refractivity contribution in [3.05, 3.63) is 46.2 Å². The van der Waals surface area contributed by atoms with E-state index in [0.717, 1.165) is 6.29 Å². The van der Waals surface area contributed by atoms with Gasteiger partial charge >= 0.3 is 0 Å². The van der Waals surface area contributed by atoms with Crippen LogP contribution in [0.15, 0.2) is 24.3 Å². The van der Waals surface area contributed by atoms with E-state index in [-0.39, 0.29) is 12.5 Å². The van der Waals surface area contributed by atoms with Gasteiger partial charge in [0, 0.05) is 5.69 Å². The Balaban J connectivity index is 2.13. The van der Waals surface area contributed by atoms with Crippen molar-refractivity contribution in [3.8, 4) is 0 Å². The largest absolute Gasteiger partial charge is 0.323 e. The standard InChI is InChI=1S/C14H14ClN3O2/c1-9-11(8-19)10(2)18(17-9)7-14(20)16-13-6-4-3-5-12(13)15/h3-6,8H,7H2,1-2H3,(H,16,20). The number of carbonyl (C=O) groups excluding carboxylic acids is 2. The first kappa shape index (κ1) is 14.3. The van der Waals surface area contributed by atoms with Gasteiger partial charge in [0.1, 0.15) is 6.54 Å². The summed E-state index contributed by atoms with van der Waals surface area (Å²) in [5.74, 6) is -0.249. The van der Waals surface area contributed by atoms with Gasteiger partial charge in [0.05, 0.1) is 22.0 Å². The molecule has 0 aliphatic rings. The van der Waals surface area contributed by atoms with E-state index in [4.69, 9.17) is 11.6 Å². The first-order chi connectivity index (χ1) is 9.52. The zero-order chi connectivity index (χ0) is 14.7. The van der Waals surface area contributed by atoms with Gasteiger partial charge in [-0.3, -0.25) is 14.3 Å². The smallest absolute Gasteiger partial charge is 0.246 e. The van der Waals surface area contributed by atoms with Crippen LogP contribution in [0, 0.1) is 13.8 Å². The number of amides is 1. The van der Waals surface area contributed by atoms with Crippen LogP contribution < -0.4 is 5.32 Å². The number of para-hydroxylation sites is 1. The fourth-order valence-electron chi connectivity index (χ4n) is 1.92. The Kier molecular flexibility index (Phi) is 4.20. The highest BCUT2D eigenvalue weighted by atomic mass is 35.5. The Morgan fingerprint density at radius 2 is 2.10 bits per heavy atom. The van der Waals surface area contributed by atoms with Gasteiger partial charge in [-0.2, -0.15) is 5.10 Å². The summed E-state index contributed by atoms with van der Waals surface area (Å²) in [5.41, 5.74) is 2.36. The van der Waals surface area contributed by atoms with Crippen molar-refractivity contribution in [3.63, 3.8) is 0 Å². The third kappa shape index (κ3) is 2.88. The molecular formula is C14H14ClN3O2. The molecule has 0 saturated heterocycles. The molecule has 1 N–H and O–H groups in total. The molecule has 2 rings (SSSR count). The van der Waals surface area contributed by atoms with Crippen LogP contribution in [0.2, 0.25) is 5.02 Å². The van der Waals surface area contributed by atoms with Crippen LogP contribution in [-0.2, 0) is 11.3 Å². The molecular weight excluding hydrogens is 278 g/mol. The fraction of sp³-hybridized carbons (Fsp3) is 0.214. The Hall–Kier alpha value is -2.14. The molecule has 0 aliphatic carbocycles. The van der Waals surface area contributed by atoms with Gasteiger partial charge < -0.3 is 5.32 Å². The summed E-state index contributed by atoms with van der Waals surface area (Å²) in [4.78, 5) is 22.9. The molecule has 0 aliphatic heterocycles. The summed E-state index contributed by atoms with van der Waals surface area (Å²) in [7, 11) is 0. The van der Waals surface area contributed by atoms with E-state index in [9.17, 15) is 9.59 Å². The predicted octanol–water partition coefficient (Wildman–Crippen LogP) is 2.60. The molecule has 2 aromatic rings. The highest BCUT2D eigenvalue weighted by Crippen LogP contribution is 2.20. The maximum Gasteiger partial charge on any atom is 0.246 e. The monoisotopic (exact) mass is 291 g/mol. The second-order valence-electron chi connectivity index (χ2n) is 4.39. The molecule has 0 radical (unpaired) electrons. The van der Waals surface area contributed by atoms with Crippen molar-refractivity contribution in [1.82, 2.24) is 9.78 Å². The zero-order valence-electron chi connectivity index (χ0n) is 11.2. The number of hydrogen-bond acceptors (Lipinski definition) is 3. The van der Waals surface area contributed by atoms with Crippen molar-refractivity contribution in [2.24, 2.45) is 0 Å². The van der Waals surface area contributed by atoms with Crippen molar-refractivity contribution in [2.45, 2.75) is 20.4 Å². The molecule has 0 bridgehead atoms. The molecule has 0 atom stereocenters. The molecule has 1 aromatic heterocycles. The number of nitrogens with one attached hydrogen (secondary N) is 1. The number of hydrogen-bond donors (Lipinski definition) is 1. The number of aryl methyl sites for hydroxylation is 1. The van der Waals surface area contributed by atoms with Gasteiger partial charge in [-0.05, 0) is 26.0 Å². The summed E-state index contributed by atoms with van der Waals surface area (Å²) in [5, 5.41) is 7.36. The lowest BCUT2D eigenvalue weighted by atomic mass is 10.2. The number of aldehydes is 1. The van der Waals surface area contributed by atoms with Gasteiger partial charge in [-0.15, -0.1) is 0 Å². The quantitative estimate of drug-likeness (QED) is 0.881. The zero-order valence-corrected chi connectivity index (χ0v) is 11.9. The minimum Gasteiger partial charge on any atom is -0.323 e. The van der Waals surface area contributed by atoms with E-state index >= 15 is 0 Å². The molecule has 0 spiro atoms. The molecule has 0 fully saturated rings. The van der Waals surface area contributed by atoms with Crippen molar-refractivity contribution in [1.29, 1.82) is 0 Å². The molecule has 1 aromatic carbocycles. The SMILES string of the molecule is Cc1nn(CC(=O)Nc2ccccc2Cl)c(C)c1C=O. The Morgan fingerprint density at radius 3 is 2.70 bits per heavy atom. The fourth-order valence-corrected chi connectivity index (χ4v) is 2.11. The van der Waals surface area contributed by atoms with E-state index < -0.39 is 0 Å². The van der Waals surface area contributed by atoms with Crippen LogP contribution in [0.5, 0.6) is 0 Å². The maximum absolute atomic E-state index is 12.0. The highest BCUT2D eigenvalue weighted by molar-refractivity contribution is 6.33. The van der Waals surface area contributed by atoms with E-state index in [1.165, 1.54) is 4.68 Å². The Labute approximate surface area is 121 Å². The number of carbonyl (C=O) groups is 2. The van der Waals surface area contributed by atoms with Crippen molar-refractivity contribution in [2.75, 3.05) is 5.32 Å². The maximum atomic E-state index is 12.0. The van der Waals surface area contributed by atoms with E-state index in [2.05, 4.69) is 10.4 Å². The third-order valence-corrected chi connectivity index (χ3v) is 3.33. The van der Waals surface area contributed by atoms with Gasteiger partial charge in [0.2, 0.25) is 5.91 Å². The number of halogens is 1. The van der Waals surface area contributed by atoms with Crippen molar-refractivity contribution >= 4 is 29.5 Å². The lowest BCUT2D eigenvalue weighted by Crippen LogP contribution is -2.20. The highest BCUT2D eigenvalue weighted by Gasteiger charge is 2.13. The Morgan fingerprint density at radius 1 is 1.40 bits per heavy atom. The molecule has 1 heterocycles. The normalized spacial score (nSPS) is 10.3. The molecule has 20 heavy (non-hydrogen) atoms. The van der Waals surface area contributed by atoms with E-state index in [0.29, 0.717) is 27.7 Å². The summed E-state index contributed by atoms with van der Waals surface area (Å²) in [6.45, 7) is 3.53. The molecule has 104 valence electrons. The van der Waals surface area contributed by atoms with Gasteiger partial charge in [0.25, 0.3) is 0 Å². The number of benzene rings is 1. The second-order valence-corrected chi connectivity index (χ2v) is 4.80.